The molecule has 0 atom stereocenters. The third-order valence-corrected chi connectivity index (χ3v) is 6.18. The monoisotopic (exact) mass is 357 g/mol. The molecule has 0 radical (unpaired) electrons. The Kier molecular flexibility index (Phi) is 8.85. The standard InChI is InChI=1S/C19H35N3O.ClH/c23-19(6-5-16-7-11-20-12-8-16)21-18-9-13-22(14-10-18)15-17-3-1-2-4-17;/h16-18,20H,1-15H2,(H,21,23);1H. The Morgan fingerprint density at radius 3 is 2.29 bits per heavy atom. The van der Waals surface area contributed by atoms with E-state index in [0.717, 1.165) is 50.6 Å². The largest absolute Gasteiger partial charge is 0.353 e. The molecule has 140 valence electrons. The molecular weight excluding hydrogens is 322 g/mol. The average Bonchev–Trinajstić information content (AvgIpc) is 3.09. The number of likely N-dealkylation sites (tertiary alicyclic amines) is 1. The van der Waals surface area contributed by atoms with Gasteiger partial charge in [-0.15, -0.1) is 12.4 Å². The highest BCUT2D eigenvalue weighted by molar-refractivity contribution is 5.85. The van der Waals surface area contributed by atoms with Crippen LogP contribution in [0.2, 0.25) is 0 Å². The molecule has 5 heteroatoms. The Hall–Kier alpha value is -0.320. The first-order valence-corrected chi connectivity index (χ1v) is 10.0. The van der Waals surface area contributed by atoms with Crippen LogP contribution in [0.15, 0.2) is 0 Å². The number of nitrogens with zero attached hydrogens (tertiary/aromatic N) is 1. The van der Waals surface area contributed by atoms with Gasteiger partial charge in [0.15, 0.2) is 0 Å². The van der Waals surface area contributed by atoms with Gasteiger partial charge in [-0.2, -0.15) is 0 Å². The third kappa shape index (κ3) is 6.53. The molecule has 3 fully saturated rings. The van der Waals surface area contributed by atoms with Crippen LogP contribution in [0, 0.1) is 11.8 Å². The van der Waals surface area contributed by atoms with Crippen LogP contribution >= 0.6 is 12.4 Å². The topological polar surface area (TPSA) is 44.4 Å². The van der Waals surface area contributed by atoms with Crippen LogP contribution in [0.5, 0.6) is 0 Å². The van der Waals surface area contributed by atoms with Crippen molar-refractivity contribution in [2.45, 2.75) is 70.3 Å². The molecule has 1 aliphatic carbocycles. The van der Waals surface area contributed by atoms with Gasteiger partial charge in [-0.05, 0) is 69.9 Å². The highest BCUT2D eigenvalue weighted by Crippen LogP contribution is 2.26. The number of carbonyl (C=O) groups excluding carboxylic acids is 1. The molecule has 2 aliphatic heterocycles. The van der Waals surface area contributed by atoms with Crippen molar-refractivity contribution in [2.24, 2.45) is 11.8 Å². The molecule has 2 saturated heterocycles. The van der Waals surface area contributed by atoms with E-state index in [1.807, 2.05) is 0 Å². The number of hydrogen-bond acceptors (Lipinski definition) is 3. The second-order valence-electron chi connectivity index (χ2n) is 8.02. The fourth-order valence-corrected chi connectivity index (χ4v) is 4.62. The van der Waals surface area contributed by atoms with Gasteiger partial charge in [0.1, 0.15) is 0 Å². The smallest absolute Gasteiger partial charge is 0.220 e. The molecule has 24 heavy (non-hydrogen) atoms. The summed E-state index contributed by atoms with van der Waals surface area (Å²) in [7, 11) is 0. The third-order valence-electron chi connectivity index (χ3n) is 6.18. The fraction of sp³-hybridized carbons (Fsp3) is 0.947. The van der Waals surface area contributed by atoms with Crippen molar-refractivity contribution in [3.8, 4) is 0 Å². The molecule has 3 rings (SSSR count). The number of rotatable bonds is 6. The van der Waals surface area contributed by atoms with Crippen LogP contribution in [0.3, 0.4) is 0 Å². The first-order valence-electron chi connectivity index (χ1n) is 10.0. The zero-order valence-electron chi connectivity index (χ0n) is 15.1. The highest BCUT2D eigenvalue weighted by atomic mass is 35.5. The van der Waals surface area contributed by atoms with E-state index in [9.17, 15) is 4.79 Å². The van der Waals surface area contributed by atoms with E-state index < -0.39 is 0 Å². The van der Waals surface area contributed by atoms with Crippen LogP contribution in [0.1, 0.15) is 64.2 Å². The molecule has 2 N–H and O–H groups in total. The highest BCUT2D eigenvalue weighted by Gasteiger charge is 2.24. The van der Waals surface area contributed by atoms with E-state index in [4.69, 9.17) is 0 Å². The number of amides is 1. The summed E-state index contributed by atoms with van der Waals surface area (Å²) in [5.74, 6) is 2.00. The summed E-state index contributed by atoms with van der Waals surface area (Å²) in [6.45, 7) is 5.92. The van der Waals surface area contributed by atoms with Crippen molar-refractivity contribution < 1.29 is 4.79 Å². The summed E-state index contributed by atoms with van der Waals surface area (Å²) >= 11 is 0. The van der Waals surface area contributed by atoms with E-state index >= 15 is 0 Å². The zero-order valence-corrected chi connectivity index (χ0v) is 15.9. The lowest BCUT2D eigenvalue weighted by atomic mass is 9.93. The van der Waals surface area contributed by atoms with Gasteiger partial charge in [0.2, 0.25) is 5.91 Å². The molecule has 4 nitrogen and oxygen atoms in total. The lowest BCUT2D eigenvalue weighted by Gasteiger charge is -2.34. The van der Waals surface area contributed by atoms with E-state index in [0.29, 0.717) is 6.04 Å². The number of piperidine rings is 2. The van der Waals surface area contributed by atoms with E-state index in [-0.39, 0.29) is 18.3 Å². The van der Waals surface area contributed by atoms with Gasteiger partial charge in [-0.1, -0.05) is 12.8 Å². The molecule has 0 aromatic carbocycles. The van der Waals surface area contributed by atoms with Crippen LogP contribution in [0.4, 0.5) is 0 Å². The van der Waals surface area contributed by atoms with Gasteiger partial charge >= 0.3 is 0 Å². The molecule has 3 aliphatic rings. The molecule has 0 unspecified atom stereocenters. The minimum absolute atomic E-state index is 0. The Morgan fingerprint density at radius 1 is 0.958 bits per heavy atom. The van der Waals surface area contributed by atoms with Crippen molar-refractivity contribution in [2.75, 3.05) is 32.7 Å². The molecule has 0 aromatic rings. The second kappa shape index (κ2) is 10.6. The molecule has 0 aromatic heterocycles. The Labute approximate surface area is 153 Å². The number of halogens is 1. The van der Waals surface area contributed by atoms with Gasteiger partial charge in [0.25, 0.3) is 0 Å². The Morgan fingerprint density at radius 2 is 1.62 bits per heavy atom. The van der Waals surface area contributed by atoms with Crippen LogP contribution in [-0.2, 0) is 4.79 Å². The maximum Gasteiger partial charge on any atom is 0.220 e. The summed E-state index contributed by atoms with van der Waals surface area (Å²) < 4.78 is 0. The van der Waals surface area contributed by atoms with E-state index in [1.165, 1.54) is 58.2 Å². The van der Waals surface area contributed by atoms with Crippen molar-refractivity contribution in [3.05, 3.63) is 0 Å². The number of nitrogens with one attached hydrogen (secondary N) is 2. The summed E-state index contributed by atoms with van der Waals surface area (Å²) in [5.41, 5.74) is 0. The summed E-state index contributed by atoms with van der Waals surface area (Å²) in [4.78, 5) is 14.8. The molecular formula is C19H36ClN3O. The normalized spacial score (nSPS) is 24.7. The van der Waals surface area contributed by atoms with E-state index in [1.54, 1.807) is 0 Å². The minimum Gasteiger partial charge on any atom is -0.353 e. The van der Waals surface area contributed by atoms with Crippen molar-refractivity contribution in [1.29, 1.82) is 0 Å². The first kappa shape index (κ1) is 20.0. The quantitative estimate of drug-likeness (QED) is 0.768. The molecule has 0 bridgehead atoms. The van der Waals surface area contributed by atoms with Crippen molar-refractivity contribution in [3.63, 3.8) is 0 Å². The van der Waals surface area contributed by atoms with Crippen LogP contribution in [-0.4, -0.2) is 49.6 Å². The molecule has 2 heterocycles. The molecule has 1 saturated carbocycles. The molecule has 1 amide bonds. The van der Waals surface area contributed by atoms with Gasteiger partial charge in [-0.3, -0.25) is 4.79 Å². The van der Waals surface area contributed by atoms with Gasteiger partial charge < -0.3 is 15.5 Å². The summed E-state index contributed by atoms with van der Waals surface area (Å²) in [6.07, 6.45) is 12.3. The van der Waals surface area contributed by atoms with E-state index in [2.05, 4.69) is 15.5 Å². The predicted octanol–water partition coefficient (Wildman–Crippen LogP) is 2.96. The number of hydrogen-bond donors (Lipinski definition) is 2. The van der Waals surface area contributed by atoms with Gasteiger partial charge in [0.05, 0.1) is 0 Å². The second-order valence-corrected chi connectivity index (χ2v) is 8.02. The number of carbonyl (C=O) groups is 1. The minimum atomic E-state index is 0. The maximum absolute atomic E-state index is 12.2. The van der Waals surface area contributed by atoms with Crippen LogP contribution in [0.25, 0.3) is 0 Å². The molecule has 0 spiro atoms. The Bertz CT molecular complexity index is 360. The maximum atomic E-state index is 12.2. The summed E-state index contributed by atoms with van der Waals surface area (Å²) in [6, 6.07) is 0.426. The predicted molar refractivity (Wildman–Crippen MR) is 102 cm³/mol. The fourth-order valence-electron chi connectivity index (χ4n) is 4.62. The zero-order chi connectivity index (χ0) is 15.9. The van der Waals surface area contributed by atoms with Crippen LogP contribution < -0.4 is 10.6 Å². The van der Waals surface area contributed by atoms with Gasteiger partial charge in [0, 0.05) is 32.1 Å². The average molecular weight is 358 g/mol. The Balaban J connectivity index is 0.00000208. The lowest BCUT2D eigenvalue weighted by Crippen LogP contribution is -2.45. The first-order chi connectivity index (χ1) is 11.3. The van der Waals surface area contributed by atoms with Gasteiger partial charge in [-0.25, -0.2) is 0 Å². The summed E-state index contributed by atoms with van der Waals surface area (Å²) in [5, 5.41) is 6.68. The lowest BCUT2D eigenvalue weighted by molar-refractivity contribution is -0.122. The van der Waals surface area contributed by atoms with Crippen molar-refractivity contribution >= 4 is 18.3 Å². The van der Waals surface area contributed by atoms with Crippen molar-refractivity contribution in [1.82, 2.24) is 15.5 Å². The SMILES string of the molecule is Cl.O=C(CCC1CCNCC1)NC1CCN(CC2CCCC2)CC1.